The summed E-state index contributed by atoms with van der Waals surface area (Å²) in [5, 5.41) is 54.2. The van der Waals surface area contributed by atoms with Crippen molar-refractivity contribution >= 4 is 11.9 Å². The van der Waals surface area contributed by atoms with Crippen molar-refractivity contribution in [3.05, 3.63) is 48.6 Å². The van der Waals surface area contributed by atoms with E-state index in [2.05, 4.69) is 55.6 Å². The first kappa shape index (κ1) is 61.6. The molecule has 7 unspecified atom stereocenters. The molecule has 11 heteroatoms. The smallest absolute Gasteiger partial charge is 0.305 e. The molecule has 0 radical (unpaired) electrons. The summed E-state index contributed by atoms with van der Waals surface area (Å²) in [5.41, 5.74) is 0. The molecule has 1 rings (SSSR count). The zero-order valence-corrected chi connectivity index (χ0v) is 41.9. The van der Waals surface area contributed by atoms with Gasteiger partial charge in [-0.25, -0.2) is 0 Å². The van der Waals surface area contributed by atoms with Gasteiger partial charge in [0.2, 0.25) is 5.91 Å². The number of carbonyl (C=O) groups excluding carboxylic acids is 2. The van der Waals surface area contributed by atoms with Crippen molar-refractivity contribution in [2.45, 2.75) is 269 Å². The lowest BCUT2D eigenvalue weighted by Crippen LogP contribution is -2.60. The van der Waals surface area contributed by atoms with Crippen LogP contribution in [0.4, 0.5) is 0 Å². The normalized spacial score (nSPS) is 20.0. The Morgan fingerprint density at radius 1 is 0.561 bits per heavy atom. The van der Waals surface area contributed by atoms with Crippen LogP contribution in [-0.2, 0) is 23.8 Å². The fourth-order valence-electron chi connectivity index (χ4n) is 8.05. The average Bonchev–Trinajstić information content (AvgIpc) is 3.31. The predicted molar refractivity (Wildman–Crippen MR) is 269 cm³/mol. The molecule has 0 aliphatic carbocycles. The summed E-state index contributed by atoms with van der Waals surface area (Å²) in [6.45, 7) is 4.21. The number of unbranched alkanes of at least 4 members (excludes halogenated alkanes) is 26. The molecule has 384 valence electrons. The van der Waals surface area contributed by atoms with Crippen LogP contribution in [0.15, 0.2) is 48.6 Å². The number of aliphatic hydroxyl groups is 5. The molecule has 0 aromatic heterocycles. The van der Waals surface area contributed by atoms with Gasteiger partial charge in [-0.05, 0) is 83.5 Å². The number of esters is 1. The van der Waals surface area contributed by atoms with Crippen molar-refractivity contribution in [2.75, 3.05) is 19.8 Å². The number of ether oxygens (including phenoxy) is 3. The summed E-state index contributed by atoms with van der Waals surface area (Å²) in [4.78, 5) is 25.0. The second-order valence-corrected chi connectivity index (χ2v) is 18.6. The molecular weight excluding hydrogens is 835 g/mol. The maximum absolute atomic E-state index is 13.0. The molecule has 1 aliphatic rings. The van der Waals surface area contributed by atoms with Crippen LogP contribution in [0.3, 0.4) is 0 Å². The zero-order valence-electron chi connectivity index (χ0n) is 41.9. The highest BCUT2D eigenvalue weighted by molar-refractivity contribution is 5.76. The minimum absolute atomic E-state index is 0.0529. The van der Waals surface area contributed by atoms with Crippen LogP contribution in [0.1, 0.15) is 226 Å². The van der Waals surface area contributed by atoms with Gasteiger partial charge < -0.3 is 45.1 Å². The third-order valence-electron chi connectivity index (χ3n) is 12.4. The van der Waals surface area contributed by atoms with Gasteiger partial charge in [-0.3, -0.25) is 9.59 Å². The molecule has 0 spiro atoms. The third-order valence-corrected chi connectivity index (χ3v) is 12.4. The van der Waals surface area contributed by atoms with Crippen molar-refractivity contribution in [2.24, 2.45) is 0 Å². The lowest BCUT2D eigenvalue weighted by atomic mass is 9.99. The predicted octanol–water partition coefficient (Wildman–Crippen LogP) is 11.3. The Balaban J connectivity index is 2.20. The van der Waals surface area contributed by atoms with Crippen LogP contribution >= 0.6 is 0 Å². The van der Waals surface area contributed by atoms with Gasteiger partial charge in [0.1, 0.15) is 24.4 Å². The van der Waals surface area contributed by atoms with Crippen LogP contribution in [-0.4, -0.2) is 100 Å². The molecule has 1 amide bonds. The van der Waals surface area contributed by atoms with Gasteiger partial charge in [-0.15, -0.1) is 0 Å². The first-order valence-electron chi connectivity index (χ1n) is 26.9. The number of aliphatic hydroxyl groups excluding tert-OH is 5. The summed E-state index contributed by atoms with van der Waals surface area (Å²) in [5.74, 6) is -0.259. The van der Waals surface area contributed by atoms with Gasteiger partial charge in [0.05, 0.1) is 32.0 Å². The van der Waals surface area contributed by atoms with Crippen LogP contribution in [0.5, 0.6) is 0 Å². The molecule has 0 saturated carbocycles. The number of nitrogens with one attached hydrogen (secondary N) is 1. The van der Waals surface area contributed by atoms with E-state index in [-0.39, 0.29) is 18.5 Å². The molecule has 7 atom stereocenters. The number of hydrogen-bond acceptors (Lipinski definition) is 10. The maximum Gasteiger partial charge on any atom is 0.305 e. The SMILES string of the molecule is CCCC/C=C\CCCCCCCC(=O)OCCCCC/C=C\C=C/CCCCCCCCC(=O)NC(COC1OC(CO)C(O)C(O)C1O)C(O)/C=C/CCCCCCCCCCCC. The highest BCUT2D eigenvalue weighted by Crippen LogP contribution is 2.23. The average molecular weight is 934 g/mol. The van der Waals surface area contributed by atoms with E-state index in [0.717, 1.165) is 103 Å². The molecule has 66 heavy (non-hydrogen) atoms. The molecule has 0 bridgehead atoms. The van der Waals surface area contributed by atoms with E-state index >= 15 is 0 Å². The lowest BCUT2D eigenvalue weighted by molar-refractivity contribution is -0.302. The summed E-state index contributed by atoms with van der Waals surface area (Å²) < 4.78 is 16.6. The molecular formula is C55H99NO10. The Hall–Kier alpha value is -2.38. The second-order valence-electron chi connectivity index (χ2n) is 18.6. The van der Waals surface area contributed by atoms with E-state index in [1.54, 1.807) is 6.08 Å². The van der Waals surface area contributed by atoms with E-state index in [9.17, 15) is 35.1 Å². The molecule has 1 heterocycles. The van der Waals surface area contributed by atoms with Crippen molar-refractivity contribution in [1.82, 2.24) is 5.32 Å². The van der Waals surface area contributed by atoms with Gasteiger partial charge >= 0.3 is 5.97 Å². The topological polar surface area (TPSA) is 175 Å². The highest BCUT2D eigenvalue weighted by Gasteiger charge is 2.44. The van der Waals surface area contributed by atoms with Gasteiger partial charge in [0, 0.05) is 12.8 Å². The zero-order chi connectivity index (χ0) is 48.1. The molecule has 1 fully saturated rings. The lowest BCUT2D eigenvalue weighted by Gasteiger charge is -2.40. The summed E-state index contributed by atoms with van der Waals surface area (Å²) in [7, 11) is 0. The van der Waals surface area contributed by atoms with Gasteiger partial charge in [0.15, 0.2) is 6.29 Å². The Morgan fingerprint density at radius 3 is 1.59 bits per heavy atom. The standard InChI is InChI=1S/C55H99NO10/c1-3-5-7-9-11-13-15-22-25-29-33-37-41-48(58)47(46-65-55-54(63)53(62)52(61)49(45-57)66-55)56-50(59)42-38-34-30-26-23-19-17-16-18-20-24-28-32-36-40-44-64-51(60)43-39-35-31-27-21-14-12-10-8-6-4-2/h10,12,16,18,20,24,37,41,47-49,52-55,57-58,61-63H,3-9,11,13-15,17,19,21-23,25-36,38-40,42-46H2,1-2H3,(H,56,59)/b12-10-,18-16-,24-20-,41-37+. The molecule has 1 aliphatic heterocycles. The minimum atomic E-state index is -1.58. The first-order chi connectivity index (χ1) is 32.2. The molecule has 0 aromatic rings. The van der Waals surface area contributed by atoms with Crippen LogP contribution in [0.25, 0.3) is 0 Å². The van der Waals surface area contributed by atoms with Crippen LogP contribution in [0.2, 0.25) is 0 Å². The molecule has 0 aromatic carbocycles. The molecule has 11 nitrogen and oxygen atoms in total. The van der Waals surface area contributed by atoms with Crippen molar-refractivity contribution in [1.29, 1.82) is 0 Å². The highest BCUT2D eigenvalue weighted by atomic mass is 16.7. The fraction of sp³-hybridized carbons (Fsp3) is 0.818. The molecule has 6 N–H and O–H groups in total. The van der Waals surface area contributed by atoms with Crippen molar-refractivity contribution in [3.63, 3.8) is 0 Å². The van der Waals surface area contributed by atoms with Gasteiger partial charge in [-0.2, -0.15) is 0 Å². The van der Waals surface area contributed by atoms with E-state index in [4.69, 9.17) is 14.2 Å². The summed E-state index contributed by atoms with van der Waals surface area (Å²) in [6, 6.07) is -0.827. The quantitative estimate of drug-likeness (QED) is 0.0149. The van der Waals surface area contributed by atoms with Gasteiger partial charge in [0.25, 0.3) is 0 Å². The van der Waals surface area contributed by atoms with Crippen LogP contribution < -0.4 is 5.32 Å². The Kier molecular flexibility index (Phi) is 42.1. The Bertz CT molecular complexity index is 1240. The fourth-order valence-corrected chi connectivity index (χ4v) is 8.05. The largest absolute Gasteiger partial charge is 0.466 e. The number of amides is 1. The molecule has 1 saturated heterocycles. The van der Waals surface area contributed by atoms with E-state index < -0.39 is 49.5 Å². The first-order valence-corrected chi connectivity index (χ1v) is 26.9. The number of allylic oxidation sites excluding steroid dienone is 7. The number of carbonyl (C=O) groups is 2. The Morgan fingerprint density at radius 2 is 1.03 bits per heavy atom. The van der Waals surface area contributed by atoms with Crippen LogP contribution in [0, 0.1) is 0 Å². The second kappa shape index (κ2) is 45.1. The number of hydrogen-bond donors (Lipinski definition) is 6. The van der Waals surface area contributed by atoms with E-state index in [1.165, 1.54) is 96.3 Å². The maximum atomic E-state index is 13.0. The van der Waals surface area contributed by atoms with Gasteiger partial charge in [-0.1, -0.05) is 178 Å². The number of rotatable bonds is 45. The third kappa shape index (κ3) is 34.8. The minimum Gasteiger partial charge on any atom is -0.466 e. The van der Waals surface area contributed by atoms with E-state index in [0.29, 0.717) is 19.4 Å². The Labute approximate surface area is 402 Å². The summed E-state index contributed by atoms with van der Waals surface area (Å²) >= 11 is 0. The summed E-state index contributed by atoms with van der Waals surface area (Å²) in [6.07, 6.45) is 44.7. The van der Waals surface area contributed by atoms with E-state index in [1.807, 2.05) is 6.08 Å². The van der Waals surface area contributed by atoms with Crippen molar-refractivity contribution in [3.8, 4) is 0 Å². The monoisotopic (exact) mass is 934 g/mol. The van der Waals surface area contributed by atoms with Crippen molar-refractivity contribution < 1.29 is 49.3 Å².